The van der Waals surface area contributed by atoms with E-state index >= 15 is 0 Å². The zero-order valence-electron chi connectivity index (χ0n) is 9.23. The van der Waals surface area contributed by atoms with Crippen molar-refractivity contribution in [2.24, 2.45) is 0 Å². The minimum Gasteiger partial charge on any atom is -0.220 e. The standard InChI is InChI=1S/C12H14BrN3/c1-2-10-4-3-5-12(8-10)16-9-11(6-7-13)14-15-16/h3-5,8-9H,2,6-7H2,1H3. The first-order chi connectivity index (χ1) is 7.83. The van der Waals surface area contributed by atoms with E-state index in [1.165, 1.54) is 5.56 Å². The monoisotopic (exact) mass is 279 g/mol. The van der Waals surface area contributed by atoms with Gasteiger partial charge in [-0.15, -0.1) is 5.10 Å². The molecule has 1 aromatic heterocycles. The SMILES string of the molecule is CCc1cccc(-n2cc(CCBr)nn2)c1. The summed E-state index contributed by atoms with van der Waals surface area (Å²) in [6, 6.07) is 8.37. The van der Waals surface area contributed by atoms with E-state index in [0.717, 1.165) is 29.6 Å². The second-order valence-corrected chi connectivity index (χ2v) is 4.41. The van der Waals surface area contributed by atoms with Crippen molar-refractivity contribution in [2.75, 3.05) is 5.33 Å². The van der Waals surface area contributed by atoms with Crippen molar-refractivity contribution >= 4 is 15.9 Å². The van der Waals surface area contributed by atoms with Crippen molar-refractivity contribution in [2.45, 2.75) is 19.8 Å². The number of aromatic nitrogens is 3. The fourth-order valence-corrected chi connectivity index (χ4v) is 1.96. The van der Waals surface area contributed by atoms with Gasteiger partial charge in [0.1, 0.15) is 0 Å². The molecule has 3 nitrogen and oxygen atoms in total. The van der Waals surface area contributed by atoms with Gasteiger partial charge in [0.05, 0.1) is 17.6 Å². The summed E-state index contributed by atoms with van der Waals surface area (Å²) in [5.41, 5.74) is 3.40. The van der Waals surface area contributed by atoms with Crippen LogP contribution in [0.3, 0.4) is 0 Å². The largest absolute Gasteiger partial charge is 0.220 e. The molecule has 0 atom stereocenters. The lowest BCUT2D eigenvalue weighted by Gasteiger charge is -2.02. The second-order valence-electron chi connectivity index (χ2n) is 3.62. The lowest BCUT2D eigenvalue weighted by atomic mass is 10.1. The van der Waals surface area contributed by atoms with Crippen molar-refractivity contribution in [3.8, 4) is 5.69 Å². The molecular formula is C12H14BrN3. The van der Waals surface area contributed by atoms with E-state index in [1.807, 2.05) is 16.9 Å². The Kier molecular flexibility index (Phi) is 3.72. The van der Waals surface area contributed by atoms with Crippen LogP contribution >= 0.6 is 15.9 Å². The molecular weight excluding hydrogens is 266 g/mol. The fraction of sp³-hybridized carbons (Fsp3) is 0.333. The minimum absolute atomic E-state index is 0.910. The number of alkyl halides is 1. The third kappa shape index (κ3) is 2.50. The predicted octanol–water partition coefficient (Wildman–Crippen LogP) is 2.77. The number of hydrogen-bond acceptors (Lipinski definition) is 2. The molecule has 0 aliphatic carbocycles. The average Bonchev–Trinajstić information content (AvgIpc) is 2.78. The maximum Gasteiger partial charge on any atom is 0.0840 e. The van der Waals surface area contributed by atoms with Gasteiger partial charge < -0.3 is 0 Å². The summed E-state index contributed by atoms with van der Waals surface area (Å²) in [5.74, 6) is 0. The van der Waals surface area contributed by atoms with Crippen LogP contribution < -0.4 is 0 Å². The molecule has 0 saturated heterocycles. The molecule has 0 spiro atoms. The lowest BCUT2D eigenvalue weighted by molar-refractivity contribution is 0.797. The van der Waals surface area contributed by atoms with Crippen LogP contribution in [0.2, 0.25) is 0 Å². The van der Waals surface area contributed by atoms with Crippen molar-refractivity contribution in [3.63, 3.8) is 0 Å². The molecule has 0 aliphatic rings. The zero-order valence-corrected chi connectivity index (χ0v) is 10.8. The molecule has 2 aromatic rings. The first kappa shape index (κ1) is 11.3. The summed E-state index contributed by atoms with van der Waals surface area (Å²) in [5, 5.41) is 9.16. The van der Waals surface area contributed by atoms with Crippen LogP contribution in [0.15, 0.2) is 30.5 Å². The molecule has 0 amide bonds. The highest BCUT2D eigenvalue weighted by Gasteiger charge is 2.02. The molecule has 1 heterocycles. The van der Waals surface area contributed by atoms with Crippen molar-refractivity contribution in [1.29, 1.82) is 0 Å². The molecule has 2 rings (SSSR count). The molecule has 84 valence electrons. The van der Waals surface area contributed by atoms with Crippen molar-refractivity contribution in [3.05, 3.63) is 41.7 Å². The smallest absolute Gasteiger partial charge is 0.0840 e. The quantitative estimate of drug-likeness (QED) is 0.806. The topological polar surface area (TPSA) is 30.7 Å². The van der Waals surface area contributed by atoms with Gasteiger partial charge in [0.25, 0.3) is 0 Å². The lowest BCUT2D eigenvalue weighted by Crippen LogP contribution is -1.95. The van der Waals surface area contributed by atoms with Crippen LogP contribution in [0.25, 0.3) is 5.69 Å². The highest BCUT2D eigenvalue weighted by molar-refractivity contribution is 9.09. The van der Waals surface area contributed by atoms with E-state index in [-0.39, 0.29) is 0 Å². The van der Waals surface area contributed by atoms with Crippen LogP contribution in [0.5, 0.6) is 0 Å². The van der Waals surface area contributed by atoms with Gasteiger partial charge in [0.2, 0.25) is 0 Å². The first-order valence-corrected chi connectivity index (χ1v) is 6.52. The predicted molar refractivity (Wildman–Crippen MR) is 68.2 cm³/mol. The van der Waals surface area contributed by atoms with Crippen LogP contribution in [0, 0.1) is 0 Å². The summed E-state index contributed by atoms with van der Waals surface area (Å²) < 4.78 is 1.83. The number of halogens is 1. The summed E-state index contributed by atoms with van der Waals surface area (Å²) in [7, 11) is 0. The summed E-state index contributed by atoms with van der Waals surface area (Å²) in [6.45, 7) is 2.15. The number of hydrogen-bond donors (Lipinski definition) is 0. The van der Waals surface area contributed by atoms with Gasteiger partial charge in [-0.05, 0) is 24.1 Å². The van der Waals surface area contributed by atoms with Crippen molar-refractivity contribution < 1.29 is 0 Å². The molecule has 0 radical (unpaired) electrons. The zero-order chi connectivity index (χ0) is 11.4. The Balaban J connectivity index is 2.27. The third-order valence-electron chi connectivity index (χ3n) is 2.47. The van der Waals surface area contributed by atoms with E-state index in [1.54, 1.807) is 0 Å². The summed E-state index contributed by atoms with van der Waals surface area (Å²) >= 11 is 3.40. The number of aryl methyl sites for hydroxylation is 2. The minimum atomic E-state index is 0.910. The van der Waals surface area contributed by atoms with E-state index < -0.39 is 0 Å². The molecule has 0 bridgehead atoms. The number of rotatable bonds is 4. The highest BCUT2D eigenvalue weighted by atomic mass is 79.9. The highest BCUT2D eigenvalue weighted by Crippen LogP contribution is 2.10. The van der Waals surface area contributed by atoms with Crippen molar-refractivity contribution in [1.82, 2.24) is 15.0 Å². The van der Waals surface area contributed by atoms with Gasteiger partial charge in [0, 0.05) is 11.8 Å². The second kappa shape index (κ2) is 5.25. The molecule has 0 fully saturated rings. The molecule has 0 saturated carbocycles. The van der Waals surface area contributed by atoms with Crippen LogP contribution in [0.4, 0.5) is 0 Å². The first-order valence-electron chi connectivity index (χ1n) is 5.40. The Morgan fingerprint density at radius 2 is 2.25 bits per heavy atom. The van der Waals surface area contributed by atoms with Gasteiger partial charge >= 0.3 is 0 Å². The molecule has 4 heteroatoms. The van der Waals surface area contributed by atoms with Gasteiger partial charge in [0.15, 0.2) is 0 Å². The van der Waals surface area contributed by atoms with Crippen LogP contribution in [-0.2, 0) is 12.8 Å². The number of benzene rings is 1. The average molecular weight is 280 g/mol. The van der Waals surface area contributed by atoms with Gasteiger partial charge in [-0.25, -0.2) is 4.68 Å². The van der Waals surface area contributed by atoms with E-state index in [0.29, 0.717) is 0 Å². The Labute approximate surface area is 104 Å². The third-order valence-corrected chi connectivity index (χ3v) is 2.87. The molecule has 1 aromatic carbocycles. The molecule has 16 heavy (non-hydrogen) atoms. The summed E-state index contributed by atoms with van der Waals surface area (Å²) in [4.78, 5) is 0. The van der Waals surface area contributed by atoms with Gasteiger partial charge in [-0.2, -0.15) is 0 Å². The fourth-order valence-electron chi connectivity index (χ4n) is 1.55. The summed E-state index contributed by atoms with van der Waals surface area (Å²) in [6.07, 6.45) is 3.93. The van der Waals surface area contributed by atoms with Crippen LogP contribution in [0.1, 0.15) is 18.2 Å². The maximum atomic E-state index is 4.13. The van der Waals surface area contributed by atoms with E-state index in [2.05, 4.69) is 51.4 Å². The normalized spacial score (nSPS) is 10.6. The Hall–Kier alpha value is -1.16. The van der Waals surface area contributed by atoms with Gasteiger partial charge in [-0.1, -0.05) is 40.2 Å². The van der Waals surface area contributed by atoms with Crippen LogP contribution in [-0.4, -0.2) is 20.3 Å². The molecule has 0 unspecified atom stereocenters. The van der Waals surface area contributed by atoms with E-state index in [9.17, 15) is 0 Å². The Morgan fingerprint density at radius 1 is 1.38 bits per heavy atom. The van der Waals surface area contributed by atoms with E-state index in [4.69, 9.17) is 0 Å². The Morgan fingerprint density at radius 3 is 3.00 bits per heavy atom. The van der Waals surface area contributed by atoms with Gasteiger partial charge in [-0.3, -0.25) is 0 Å². The Bertz CT molecular complexity index is 465. The maximum absolute atomic E-state index is 4.13. The molecule has 0 aliphatic heterocycles. The molecule has 0 N–H and O–H groups in total. The number of nitrogens with zero attached hydrogens (tertiary/aromatic N) is 3.